The third-order valence-electron chi connectivity index (χ3n) is 6.08. The fourth-order valence-corrected chi connectivity index (χ4v) is 4.53. The molecule has 194 valence electrons. The summed E-state index contributed by atoms with van der Waals surface area (Å²) in [6, 6.07) is 15.4. The van der Waals surface area contributed by atoms with E-state index in [2.05, 4.69) is 16.0 Å². The summed E-state index contributed by atoms with van der Waals surface area (Å²) in [5, 5.41) is 10.3. The average molecular weight is 522 g/mol. The zero-order valence-electron chi connectivity index (χ0n) is 21.4. The van der Waals surface area contributed by atoms with Gasteiger partial charge in [-0.2, -0.15) is 5.26 Å². The molecule has 1 aromatic heterocycles. The van der Waals surface area contributed by atoms with Crippen molar-refractivity contribution in [1.29, 1.82) is 5.26 Å². The molecule has 9 heteroatoms. The molecule has 0 spiro atoms. The van der Waals surface area contributed by atoms with Crippen LogP contribution in [0.2, 0.25) is 5.02 Å². The Kier molecular flexibility index (Phi) is 8.24. The smallest absolute Gasteiger partial charge is 0.410 e. The molecule has 0 aliphatic carbocycles. The second kappa shape index (κ2) is 11.6. The van der Waals surface area contributed by atoms with Crippen LogP contribution in [0, 0.1) is 11.3 Å². The minimum atomic E-state index is -0.584. The van der Waals surface area contributed by atoms with E-state index in [1.807, 2.05) is 67.9 Å². The van der Waals surface area contributed by atoms with Crippen LogP contribution in [0.3, 0.4) is 0 Å². The van der Waals surface area contributed by atoms with E-state index < -0.39 is 5.60 Å². The summed E-state index contributed by atoms with van der Waals surface area (Å²) in [4.78, 5) is 21.1. The molecule has 1 fully saturated rings. The molecule has 3 aromatic rings. The number of aromatic nitrogens is 2. The Morgan fingerprint density at radius 2 is 2.05 bits per heavy atom. The topological polar surface area (TPSA) is 83.6 Å². The van der Waals surface area contributed by atoms with Gasteiger partial charge in [0.1, 0.15) is 17.4 Å². The Morgan fingerprint density at radius 3 is 2.76 bits per heavy atom. The summed E-state index contributed by atoms with van der Waals surface area (Å²) in [6.45, 7) is 8.39. The van der Waals surface area contributed by atoms with Crippen LogP contribution in [-0.2, 0) is 11.3 Å². The molecule has 8 nitrogen and oxygen atoms in total. The highest BCUT2D eigenvalue weighted by Gasteiger charge is 2.33. The monoisotopic (exact) mass is 521 g/mol. The van der Waals surface area contributed by atoms with E-state index in [4.69, 9.17) is 21.1 Å². The molecule has 0 saturated carbocycles. The lowest BCUT2D eigenvalue weighted by molar-refractivity contribution is 0.0119. The highest BCUT2D eigenvalue weighted by Crippen LogP contribution is 2.26. The molecule has 1 aliphatic rings. The molecule has 0 radical (unpaired) electrons. The van der Waals surface area contributed by atoms with Gasteiger partial charge in [0.2, 0.25) is 0 Å². The lowest BCUT2D eigenvalue weighted by Crippen LogP contribution is -2.56. The van der Waals surface area contributed by atoms with Crippen LogP contribution < -0.4 is 9.64 Å². The summed E-state index contributed by atoms with van der Waals surface area (Å²) in [5.74, 6) is 0.534. The lowest BCUT2D eigenvalue weighted by atomic mass is 10.1. The number of nitrogens with zero attached hydrogens (tertiary/aromatic N) is 5. The van der Waals surface area contributed by atoms with E-state index >= 15 is 0 Å². The molecule has 1 aliphatic heterocycles. The van der Waals surface area contributed by atoms with Crippen molar-refractivity contribution in [3.8, 4) is 11.8 Å². The van der Waals surface area contributed by atoms with Crippen molar-refractivity contribution in [2.75, 3.05) is 31.1 Å². The van der Waals surface area contributed by atoms with Crippen molar-refractivity contribution in [3.05, 3.63) is 77.3 Å². The number of anilines is 1. The van der Waals surface area contributed by atoms with Crippen LogP contribution >= 0.6 is 11.6 Å². The number of rotatable bonds is 7. The number of halogens is 1. The van der Waals surface area contributed by atoms with Crippen LogP contribution in [0.15, 0.2) is 61.2 Å². The maximum atomic E-state index is 13.0. The van der Waals surface area contributed by atoms with Gasteiger partial charge < -0.3 is 23.8 Å². The second-order valence-electron chi connectivity index (χ2n) is 10.1. The third-order valence-corrected chi connectivity index (χ3v) is 6.32. The number of piperazine rings is 1. The van der Waals surface area contributed by atoms with Crippen molar-refractivity contribution in [3.63, 3.8) is 0 Å². The van der Waals surface area contributed by atoms with Gasteiger partial charge in [-0.3, -0.25) is 0 Å². The van der Waals surface area contributed by atoms with Gasteiger partial charge in [-0.05, 0) is 56.7 Å². The fraction of sp³-hybridized carbons (Fsp3) is 0.393. The van der Waals surface area contributed by atoms with Crippen molar-refractivity contribution in [1.82, 2.24) is 14.5 Å². The van der Waals surface area contributed by atoms with Gasteiger partial charge in [0.15, 0.2) is 0 Å². The summed E-state index contributed by atoms with van der Waals surface area (Å²) in [6.07, 6.45) is 5.61. The molecule has 1 amide bonds. The molecular weight excluding hydrogens is 490 g/mol. The van der Waals surface area contributed by atoms with E-state index in [0.29, 0.717) is 55.5 Å². The quantitative estimate of drug-likeness (QED) is 0.416. The summed E-state index contributed by atoms with van der Waals surface area (Å²) >= 11 is 6.23. The Labute approximate surface area is 223 Å². The molecule has 1 saturated heterocycles. The van der Waals surface area contributed by atoms with E-state index in [9.17, 15) is 10.1 Å². The Bertz CT molecular complexity index is 1250. The number of hydrogen-bond donors (Lipinski definition) is 0. The van der Waals surface area contributed by atoms with Crippen molar-refractivity contribution >= 4 is 23.4 Å². The summed E-state index contributed by atoms with van der Waals surface area (Å²) in [5.41, 5.74) is 1.91. The van der Waals surface area contributed by atoms with Crippen LogP contribution in [0.1, 0.15) is 38.3 Å². The number of hydrogen-bond acceptors (Lipinski definition) is 6. The van der Waals surface area contributed by atoms with Gasteiger partial charge in [0.05, 0.1) is 24.5 Å². The molecule has 2 aromatic carbocycles. The van der Waals surface area contributed by atoms with E-state index in [0.717, 1.165) is 11.3 Å². The molecular formula is C28H32ClN5O3. The Hall–Kier alpha value is -3.70. The number of nitriles is 1. The number of ether oxygens (including phenoxy) is 2. The maximum absolute atomic E-state index is 13.0. The summed E-state index contributed by atoms with van der Waals surface area (Å²) in [7, 11) is 0. The van der Waals surface area contributed by atoms with Gasteiger partial charge in [0.25, 0.3) is 0 Å². The van der Waals surface area contributed by atoms with Crippen molar-refractivity contribution in [2.24, 2.45) is 0 Å². The predicted molar refractivity (Wildman–Crippen MR) is 143 cm³/mol. The molecule has 37 heavy (non-hydrogen) atoms. The SMILES string of the molecule is CC(C)(C)OC(=O)N1CCN(c2cccc(Cl)c2)CC1CCOc1cc(Cn2ccnc2)ccc1C#N. The Balaban J connectivity index is 1.47. The van der Waals surface area contributed by atoms with Crippen LogP contribution in [0.25, 0.3) is 0 Å². The first-order valence-electron chi connectivity index (χ1n) is 12.3. The van der Waals surface area contributed by atoms with Gasteiger partial charge in [0, 0.05) is 55.7 Å². The standard InChI is InChI=1S/C28H32ClN5O3/c1-28(2,3)37-27(35)34-13-12-33(24-6-4-5-23(29)16-24)19-25(34)9-14-36-26-15-21(7-8-22(26)17-30)18-32-11-10-31-20-32/h4-8,10-11,15-16,20,25H,9,12-14,18-19H2,1-3H3. The number of carbonyl (C=O) groups excluding carboxylic acids is 1. The molecule has 4 rings (SSSR count). The Morgan fingerprint density at radius 1 is 1.22 bits per heavy atom. The second-order valence-corrected chi connectivity index (χ2v) is 10.5. The minimum absolute atomic E-state index is 0.137. The van der Waals surface area contributed by atoms with Gasteiger partial charge in [-0.1, -0.05) is 23.7 Å². The van der Waals surface area contributed by atoms with E-state index in [-0.39, 0.29) is 12.1 Å². The number of benzene rings is 2. The van der Waals surface area contributed by atoms with Gasteiger partial charge in [-0.25, -0.2) is 9.78 Å². The lowest BCUT2D eigenvalue weighted by Gasteiger charge is -2.42. The predicted octanol–water partition coefficient (Wildman–Crippen LogP) is 5.35. The summed E-state index contributed by atoms with van der Waals surface area (Å²) < 4.78 is 13.8. The highest BCUT2D eigenvalue weighted by molar-refractivity contribution is 6.30. The normalized spacial score (nSPS) is 15.8. The van der Waals surface area contributed by atoms with Crippen LogP contribution in [0.4, 0.5) is 10.5 Å². The van der Waals surface area contributed by atoms with Crippen molar-refractivity contribution < 1.29 is 14.3 Å². The number of amides is 1. The first kappa shape index (κ1) is 26.4. The third kappa shape index (κ3) is 7.17. The van der Waals surface area contributed by atoms with Gasteiger partial charge in [-0.15, -0.1) is 0 Å². The van der Waals surface area contributed by atoms with Crippen molar-refractivity contribution in [2.45, 2.75) is 45.4 Å². The zero-order chi connectivity index (χ0) is 26.4. The highest BCUT2D eigenvalue weighted by atomic mass is 35.5. The maximum Gasteiger partial charge on any atom is 0.410 e. The molecule has 1 atom stereocenters. The first-order chi connectivity index (χ1) is 17.7. The van der Waals surface area contributed by atoms with Gasteiger partial charge >= 0.3 is 6.09 Å². The van der Waals surface area contributed by atoms with E-state index in [1.165, 1.54) is 0 Å². The van der Waals surface area contributed by atoms with Crippen LogP contribution in [0.5, 0.6) is 5.75 Å². The van der Waals surface area contributed by atoms with E-state index in [1.54, 1.807) is 23.5 Å². The average Bonchev–Trinajstić information content (AvgIpc) is 3.36. The van der Waals surface area contributed by atoms with Crippen LogP contribution in [-0.4, -0.2) is 58.4 Å². The fourth-order valence-electron chi connectivity index (χ4n) is 4.34. The number of carbonyl (C=O) groups is 1. The largest absolute Gasteiger partial charge is 0.492 e. The minimum Gasteiger partial charge on any atom is -0.492 e. The first-order valence-corrected chi connectivity index (χ1v) is 12.7. The molecule has 1 unspecified atom stereocenters. The molecule has 0 N–H and O–H groups in total. The zero-order valence-corrected chi connectivity index (χ0v) is 22.2. The number of imidazole rings is 1. The molecule has 0 bridgehead atoms. The molecule has 2 heterocycles.